The topological polar surface area (TPSA) is 6.25 Å². The highest BCUT2D eigenvalue weighted by Gasteiger charge is 2.27. The number of likely N-dealkylation sites (N-methyl/N-ethyl adjacent to an activating group) is 1. The predicted molar refractivity (Wildman–Crippen MR) is 97.6 cm³/mol. The molecule has 1 aliphatic rings. The van der Waals surface area contributed by atoms with E-state index in [2.05, 4.69) is 42.0 Å². The van der Waals surface area contributed by atoms with Crippen molar-refractivity contribution >= 4 is 17.6 Å². The van der Waals surface area contributed by atoms with Crippen LogP contribution in [0, 0.1) is 0 Å². The zero-order chi connectivity index (χ0) is 15.3. The number of hydrogen-bond acceptors (Lipinski definition) is 2. The molecule has 0 N–H and O–H groups in total. The van der Waals surface area contributed by atoms with E-state index in [4.69, 9.17) is 0 Å². The molecule has 2 nitrogen and oxygen atoms in total. The lowest BCUT2D eigenvalue weighted by Crippen LogP contribution is -2.29. The van der Waals surface area contributed by atoms with Crippen LogP contribution in [-0.2, 0) is 0 Å². The first-order valence-electron chi connectivity index (χ1n) is 9.26. The molecule has 0 bridgehead atoms. The number of thioether (sulfide) groups is 1. The molecule has 0 saturated carbocycles. The largest absolute Gasteiger partial charge is 0.262 e. The van der Waals surface area contributed by atoms with Crippen molar-refractivity contribution in [3.63, 3.8) is 0 Å². The molecular weight excluding hydrogens is 276 g/mol. The van der Waals surface area contributed by atoms with Crippen LogP contribution < -0.4 is 0 Å². The lowest BCUT2D eigenvalue weighted by molar-refractivity contribution is -0.498. The normalized spacial score (nSPS) is 15.3. The zero-order valence-corrected chi connectivity index (χ0v) is 15.5. The lowest BCUT2D eigenvalue weighted by Gasteiger charge is -2.11. The number of rotatable bonds is 13. The van der Waals surface area contributed by atoms with Crippen LogP contribution in [0.15, 0.2) is 0 Å². The average molecular weight is 314 g/mol. The van der Waals surface area contributed by atoms with Gasteiger partial charge in [-0.1, -0.05) is 52.4 Å². The Morgan fingerprint density at radius 1 is 0.952 bits per heavy atom. The Kier molecular flexibility index (Phi) is 11.1. The molecule has 0 aromatic carbocycles. The fraction of sp³-hybridized carbons (Fsp3) is 0.944. The Morgan fingerprint density at radius 2 is 1.67 bits per heavy atom. The molecule has 1 rings (SSSR count). The summed E-state index contributed by atoms with van der Waals surface area (Å²) in [6.45, 7) is 10.5. The maximum absolute atomic E-state index is 2.64. The molecule has 124 valence electrons. The van der Waals surface area contributed by atoms with E-state index in [-0.39, 0.29) is 0 Å². The Hall–Kier alpha value is -0.180. The summed E-state index contributed by atoms with van der Waals surface area (Å²) in [5.74, 6) is 4.18. The second-order valence-corrected chi connectivity index (χ2v) is 7.24. The molecule has 1 heterocycles. The number of hydrogen-bond donors (Lipinski definition) is 0. The van der Waals surface area contributed by atoms with Gasteiger partial charge in [0.1, 0.15) is 19.0 Å². The van der Waals surface area contributed by atoms with Crippen molar-refractivity contribution in [3.05, 3.63) is 0 Å². The molecule has 0 radical (unpaired) electrons. The molecule has 3 heteroatoms. The van der Waals surface area contributed by atoms with E-state index < -0.39 is 0 Å². The molecule has 0 amide bonds. The summed E-state index contributed by atoms with van der Waals surface area (Å²) in [6.07, 6.45) is 12.4. The van der Waals surface area contributed by atoms with Gasteiger partial charge in [0, 0.05) is 6.42 Å². The molecular formula is C18H37N2S+. The minimum absolute atomic E-state index is 1.18. The van der Waals surface area contributed by atoms with Crippen molar-refractivity contribution in [1.82, 2.24) is 4.90 Å². The fourth-order valence-corrected chi connectivity index (χ4v) is 4.03. The van der Waals surface area contributed by atoms with E-state index in [0.29, 0.717) is 0 Å². The summed E-state index contributed by atoms with van der Waals surface area (Å²) < 4.78 is 2.64. The molecule has 0 atom stereocenters. The Labute approximate surface area is 137 Å². The van der Waals surface area contributed by atoms with Gasteiger partial charge >= 0.3 is 0 Å². The van der Waals surface area contributed by atoms with Gasteiger partial charge in [0.25, 0.3) is 0 Å². The van der Waals surface area contributed by atoms with Crippen LogP contribution in [-0.4, -0.2) is 46.6 Å². The zero-order valence-electron chi connectivity index (χ0n) is 14.7. The third-order valence-corrected chi connectivity index (χ3v) is 5.47. The SMILES string of the molecule is CCCCCCCCSC[N+]1=C(CCCC)N(CC)CC1. The third kappa shape index (κ3) is 7.58. The van der Waals surface area contributed by atoms with Crippen molar-refractivity contribution in [3.8, 4) is 0 Å². The maximum atomic E-state index is 2.64. The maximum Gasteiger partial charge on any atom is 0.247 e. The molecule has 0 aromatic rings. The Morgan fingerprint density at radius 3 is 2.38 bits per heavy atom. The summed E-state index contributed by atoms with van der Waals surface area (Å²) in [6, 6.07) is 0. The lowest BCUT2D eigenvalue weighted by atomic mass is 10.1. The van der Waals surface area contributed by atoms with Gasteiger partial charge in [-0.3, -0.25) is 9.48 Å². The van der Waals surface area contributed by atoms with Crippen LogP contribution in [0.3, 0.4) is 0 Å². The average Bonchev–Trinajstić information content (AvgIpc) is 2.89. The molecule has 0 saturated heterocycles. The smallest absolute Gasteiger partial charge is 0.247 e. The van der Waals surface area contributed by atoms with Crippen LogP contribution in [0.4, 0.5) is 0 Å². The highest BCUT2D eigenvalue weighted by atomic mass is 32.2. The van der Waals surface area contributed by atoms with E-state index in [9.17, 15) is 0 Å². The van der Waals surface area contributed by atoms with Gasteiger partial charge < -0.3 is 0 Å². The standard InChI is InChI=1S/C18H37N2S/c1-4-7-9-10-11-12-16-21-17-20-15-14-19(6-3)18(20)13-8-5-2/h4-17H2,1-3H3/q+1. The van der Waals surface area contributed by atoms with E-state index >= 15 is 0 Å². The Balaban J connectivity index is 2.19. The van der Waals surface area contributed by atoms with Gasteiger partial charge in [-0.25, -0.2) is 0 Å². The van der Waals surface area contributed by atoms with Crippen molar-refractivity contribution in [1.29, 1.82) is 0 Å². The second kappa shape index (κ2) is 12.4. The summed E-state index contributed by atoms with van der Waals surface area (Å²) in [7, 11) is 0. The number of nitrogens with zero attached hydrogens (tertiary/aromatic N) is 2. The highest BCUT2D eigenvalue weighted by molar-refractivity contribution is 7.99. The van der Waals surface area contributed by atoms with Gasteiger partial charge in [-0.15, -0.1) is 11.8 Å². The monoisotopic (exact) mass is 313 g/mol. The Bertz CT molecular complexity index is 289. The molecule has 0 aromatic heterocycles. The van der Waals surface area contributed by atoms with Crippen molar-refractivity contribution in [2.45, 2.75) is 78.6 Å². The van der Waals surface area contributed by atoms with Crippen LogP contribution in [0.25, 0.3) is 0 Å². The van der Waals surface area contributed by atoms with Gasteiger partial charge in [0.05, 0.1) is 6.54 Å². The molecule has 0 aliphatic carbocycles. The van der Waals surface area contributed by atoms with Crippen LogP contribution in [0.1, 0.15) is 78.6 Å². The first kappa shape index (κ1) is 18.9. The first-order chi connectivity index (χ1) is 10.3. The van der Waals surface area contributed by atoms with E-state index in [1.807, 2.05) is 0 Å². The van der Waals surface area contributed by atoms with Crippen LogP contribution >= 0.6 is 11.8 Å². The van der Waals surface area contributed by atoms with E-state index in [1.165, 1.54) is 89.1 Å². The van der Waals surface area contributed by atoms with Gasteiger partial charge in [-0.05, 0) is 25.5 Å². The summed E-state index contributed by atoms with van der Waals surface area (Å²) >= 11 is 2.14. The third-order valence-electron chi connectivity index (χ3n) is 4.39. The molecule has 1 aliphatic heterocycles. The number of unbranched alkanes of at least 4 members (excludes halogenated alkanes) is 6. The summed E-state index contributed by atoms with van der Waals surface area (Å²) in [4.78, 5) is 2.58. The van der Waals surface area contributed by atoms with E-state index in [1.54, 1.807) is 5.84 Å². The fourth-order valence-electron chi connectivity index (χ4n) is 2.99. The molecule has 21 heavy (non-hydrogen) atoms. The van der Waals surface area contributed by atoms with Crippen molar-refractivity contribution in [2.75, 3.05) is 31.3 Å². The van der Waals surface area contributed by atoms with Gasteiger partial charge in [0.15, 0.2) is 0 Å². The highest BCUT2D eigenvalue weighted by Crippen LogP contribution is 2.14. The van der Waals surface area contributed by atoms with Crippen molar-refractivity contribution in [2.24, 2.45) is 0 Å². The number of amidine groups is 1. The molecule has 0 unspecified atom stereocenters. The van der Waals surface area contributed by atoms with Gasteiger partial charge in [0.2, 0.25) is 5.84 Å². The minimum atomic E-state index is 1.18. The second-order valence-electron chi connectivity index (χ2n) is 6.17. The molecule has 0 fully saturated rings. The van der Waals surface area contributed by atoms with Crippen molar-refractivity contribution < 1.29 is 4.58 Å². The van der Waals surface area contributed by atoms with E-state index in [0.717, 1.165) is 0 Å². The molecule has 0 spiro atoms. The first-order valence-corrected chi connectivity index (χ1v) is 10.4. The van der Waals surface area contributed by atoms with Gasteiger partial charge in [-0.2, -0.15) is 0 Å². The van der Waals surface area contributed by atoms with Crippen LogP contribution in [0.5, 0.6) is 0 Å². The van der Waals surface area contributed by atoms with Crippen LogP contribution in [0.2, 0.25) is 0 Å². The summed E-state index contributed by atoms with van der Waals surface area (Å²) in [5.41, 5.74) is 0. The predicted octanol–water partition coefficient (Wildman–Crippen LogP) is 4.97. The minimum Gasteiger partial charge on any atom is -0.262 e. The summed E-state index contributed by atoms with van der Waals surface area (Å²) in [5, 5.41) is 0. The quantitative estimate of drug-likeness (QED) is 0.350.